The van der Waals surface area contributed by atoms with Gasteiger partial charge in [0, 0.05) is 19.3 Å². The Labute approximate surface area is 170 Å². The Morgan fingerprint density at radius 2 is 2.00 bits per heavy atom. The summed E-state index contributed by atoms with van der Waals surface area (Å²) >= 11 is 0. The molecule has 1 aliphatic carbocycles. The van der Waals surface area contributed by atoms with Crippen LogP contribution in [0.5, 0.6) is 11.5 Å². The van der Waals surface area contributed by atoms with Gasteiger partial charge in [0.05, 0.1) is 18.4 Å². The van der Waals surface area contributed by atoms with Crippen LogP contribution in [-0.2, 0) is 9.53 Å². The summed E-state index contributed by atoms with van der Waals surface area (Å²) in [5.74, 6) is 0.352. The molecule has 1 N–H and O–H groups in total. The molecule has 2 aromatic carbocycles. The zero-order valence-electron chi connectivity index (χ0n) is 16.5. The van der Waals surface area contributed by atoms with Gasteiger partial charge >= 0.3 is 0 Å². The molecule has 1 aliphatic rings. The summed E-state index contributed by atoms with van der Waals surface area (Å²) in [6.45, 7) is 0.693. The van der Waals surface area contributed by atoms with Crippen LogP contribution in [0.3, 0.4) is 0 Å². The maximum Gasteiger partial charge on any atom is 0.248 e. The summed E-state index contributed by atoms with van der Waals surface area (Å²) in [6, 6.07) is 11.6. The number of carbonyl (C=O) groups is 1. The summed E-state index contributed by atoms with van der Waals surface area (Å²) in [7, 11) is 1.56. The van der Waals surface area contributed by atoms with E-state index >= 15 is 0 Å². The number of hydrogen-bond acceptors (Lipinski definition) is 4. The van der Waals surface area contributed by atoms with Gasteiger partial charge in [0.1, 0.15) is 23.9 Å². The predicted octanol–water partition coefficient (Wildman–Crippen LogP) is 4.82. The third-order valence-corrected chi connectivity index (χ3v) is 4.63. The lowest BCUT2D eigenvalue weighted by atomic mass is 10.2. The van der Waals surface area contributed by atoms with Crippen molar-refractivity contribution >= 4 is 17.7 Å². The van der Waals surface area contributed by atoms with Crippen molar-refractivity contribution in [2.45, 2.75) is 31.8 Å². The number of hydrogen-bond donors (Lipinski definition) is 1. The molecule has 0 aromatic heterocycles. The minimum absolute atomic E-state index is 0.272. The van der Waals surface area contributed by atoms with E-state index in [0.717, 1.165) is 24.2 Å². The topological polar surface area (TPSA) is 56.8 Å². The second-order valence-corrected chi connectivity index (χ2v) is 6.90. The molecule has 0 aliphatic heterocycles. The first-order valence-corrected chi connectivity index (χ1v) is 9.81. The van der Waals surface area contributed by atoms with Crippen LogP contribution in [0.4, 0.5) is 10.1 Å². The van der Waals surface area contributed by atoms with E-state index in [4.69, 9.17) is 14.2 Å². The molecule has 0 saturated heterocycles. The quantitative estimate of drug-likeness (QED) is 0.485. The number of carbonyl (C=O) groups excluding carboxylic acids is 1. The van der Waals surface area contributed by atoms with Crippen molar-refractivity contribution in [2.24, 2.45) is 0 Å². The van der Waals surface area contributed by atoms with Crippen LogP contribution in [0.15, 0.2) is 48.5 Å². The molecule has 0 bridgehead atoms. The van der Waals surface area contributed by atoms with E-state index in [1.165, 1.54) is 37.1 Å². The molecule has 154 valence electrons. The van der Waals surface area contributed by atoms with Crippen LogP contribution in [0, 0.1) is 5.82 Å². The number of ether oxygens (including phenoxy) is 3. The zero-order chi connectivity index (χ0) is 20.5. The van der Waals surface area contributed by atoms with Gasteiger partial charge in [-0.05, 0) is 61.6 Å². The third kappa shape index (κ3) is 6.61. The van der Waals surface area contributed by atoms with E-state index in [0.29, 0.717) is 19.0 Å². The molecule has 1 fully saturated rings. The molecule has 2 aromatic rings. The fourth-order valence-corrected chi connectivity index (χ4v) is 3.20. The number of amides is 1. The van der Waals surface area contributed by atoms with Crippen molar-refractivity contribution in [3.05, 3.63) is 59.9 Å². The van der Waals surface area contributed by atoms with Crippen LogP contribution in [0.1, 0.15) is 31.2 Å². The smallest absolute Gasteiger partial charge is 0.248 e. The fourth-order valence-electron chi connectivity index (χ4n) is 3.20. The number of anilines is 1. The van der Waals surface area contributed by atoms with Gasteiger partial charge in [-0.15, -0.1) is 0 Å². The van der Waals surface area contributed by atoms with Crippen LogP contribution in [-0.4, -0.2) is 32.3 Å². The highest BCUT2D eigenvalue weighted by Crippen LogP contribution is 2.26. The summed E-state index contributed by atoms with van der Waals surface area (Å²) < 4.78 is 30.0. The van der Waals surface area contributed by atoms with E-state index in [9.17, 15) is 9.18 Å². The lowest BCUT2D eigenvalue weighted by Gasteiger charge is -2.13. The minimum atomic E-state index is -0.458. The normalized spacial score (nSPS) is 14.3. The van der Waals surface area contributed by atoms with Crippen LogP contribution >= 0.6 is 0 Å². The highest BCUT2D eigenvalue weighted by molar-refractivity contribution is 6.02. The standard InChI is InChI=1S/C23H26FNO4/c1-27-13-14-28-22-11-10-18(24)16-21(22)25-23(26)12-9-17-5-4-8-20(15-17)29-19-6-2-3-7-19/h4-5,8-12,15-16,19H,2-3,6-7,13-14H2,1H3,(H,25,26)/b12-9+. The molecule has 0 heterocycles. The Balaban J connectivity index is 1.61. The maximum atomic E-state index is 13.6. The maximum absolute atomic E-state index is 13.6. The van der Waals surface area contributed by atoms with E-state index in [-0.39, 0.29) is 17.7 Å². The summed E-state index contributed by atoms with van der Waals surface area (Å²) in [6.07, 6.45) is 7.97. The Morgan fingerprint density at radius 3 is 2.79 bits per heavy atom. The van der Waals surface area contributed by atoms with Gasteiger partial charge in [-0.3, -0.25) is 4.79 Å². The van der Waals surface area contributed by atoms with E-state index in [2.05, 4.69) is 5.32 Å². The van der Waals surface area contributed by atoms with Gasteiger partial charge in [-0.25, -0.2) is 4.39 Å². The molecule has 5 nitrogen and oxygen atoms in total. The number of rotatable bonds is 9. The molecule has 3 rings (SSSR count). The molecule has 0 spiro atoms. The lowest BCUT2D eigenvalue weighted by molar-refractivity contribution is -0.111. The molecular weight excluding hydrogens is 373 g/mol. The van der Waals surface area contributed by atoms with Crippen LogP contribution in [0.25, 0.3) is 6.08 Å². The average Bonchev–Trinajstić information content (AvgIpc) is 3.21. The Hall–Kier alpha value is -2.86. The molecule has 0 atom stereocenters. The SMILES string of the molecule is COCCOc1ccc(F)cc1NC(=O)/C=C/c1cccc(OC2CCCC2)c1. The fraction of sp³-hybridized carbons (Fsp3) is 0.348. The number of methoxy groups -OCH3 is 1. The van der Waals surface area contributed by atoms with Gasteiger partial charge in [-0.1, -0.05) is 12.1 Å². The van der Waals surface area contributed by atoms with Crippen molar-refractivity contribution in [1.82, 2.24) is 0 Å². The first-order chi connectivity index (χ1) is 14.1. The first-order valence-electron chi connectivity index (χ1n) is 9.81. The number of nitrogens with one attached hydrogen (secondary N) is 1. The predicted molar refractivity (Wildman–Crippen MR) is 111 cm³/mol. The average molecular weight is 399 g/mol. The Kier molecular flexibility index (Phi) is 7.64. The van der Waals surface area contributed by atoms with E-state index < -0.39 is 5.82 Å². The molecule has 29 heavy (non-hydrogen) atoms. The monoisotopic (exact) mass is 399 g/mol. The third-order valence-electron chi connectivity index (χ3n) is 4.63. The van der Waals surface area contributed by atoms with E-state index in [1.807, 2.05) is 24.3 Å². The molecule has 0 radical (unpaired) electrons. The van der Waals surface area contributed by atoms with E-state index in [1.54, 1.807) is 13.2 Å². The highest BCUT2D eigenvalue weighted by Gasteiger charge is 2.16. The molecule has 0 unspecified atom stereocenters. The lowest BCUT2D eigenvalue weighted by Crippen LogP contribution is -2.11. The van der Waals surface area contributed by atoms with Crippen LogP contribution < -0.4 is 14.8 Å². The Morgan fingerprint density at radius 1 is 1.17 bits per heavy atom. The van der Waals surface area contributed by atoms with Crippen LogP contribution in [0.2, 0.25) is 0 Å². The summed E-state index contributed by atoms with van der Waals surface area (Å²) in [5.41, 5.74) is 1.13. The molecule has 1 saturated carbocycles. The van der Waals surface area contributed by atoms with Crippen molar-refractivity contribution < 1.29 is 23.4 Å². The van der Waals surface area contributed by atoms with Crippen molar-refractivity contribution in [2.75, 3.05) is 25.6 Å². The van der Waals surface area contributed by atoms with Gasteiger partial charge in [0.2, 0.25) is 5.91 Å². The molecule has 1 amide bonds. The summed E-state index contributed by atoms with van der Waals surface area (Å²) in [5, 5.41) is 2.66. The largest absolute Gasteiger partial charge is 0.490 e. The number of halogens is 1. The second-order valence-electron chi connectivity index (χ2n) is 6.90. The van der Waals surface area contributed by atoms with Crippen molar-refractivity contribution in [3.8, 4) is 11.5 Å². The van der Waals surface area contributed by atoms with Crippen molar-refractivity contribution in [3.63, 3.8) is 0 Å². The van der Waals surface area contributed by atoms with Gasteiger partial charge in [0.15, 0.2) is 0 Å². The summed E-state index contributed by atoms with van der Waals surface area (Å²) in [4.78, 5) is 12.3. The Bertz CT molecular complexity index is 847. The van der Waals surface area contributed by atoms with Gasteiger partial charge in [-0.2, -0.15) is 0 Å². The zero-order valence-corrected chi connectivity index (χ0v) is 16.5. The van der Waals surface area contributed by atoms with Crippen molar-refractivity contribution in [1.29, 1.82) is 0 Å². The number of benzene rings is 2. The minimum Gasteiger partial charge on any atom is -0.490 e. The molecular formula is C23H26FNO4. The second kappa shape index (κ2) is 10.6. The van der Waals surface area contributed by atoms with Gasteiger partial charge in [0.25, 0.3) is 0 Å². The first kappa shape index (κ1) is 20.9. The van der Waals surface area contributed by atoms with Gasteiger partial charge < -0.3 is 19.5 Å². The molecule has 6 heteroatoms. The highest BCUT2D eigenvalue weighted by atomic mass is 19.1.